The first kappa shape index (κ1) is 11.4. The topological polar surface area (TPSA) is 37.8 Å². The predicted molar refractivity (Wildman–Crippen MR) is 77.2 cm³/mol. The van der Waals surface area contributed by atoms with Crippen LogP contribution in [0.15, 0.2) is 73.3 Å². The van der Waals surface area contributed by atoms with Crippen LogP contribution in [0.5, 0.6) is 0 Å². The number of hydrogen-bond acceptors (Lipinski definition) is 3. The molecular formula is C16H13N3. The van der Waals surface area contributed by atoms with Crippen LogP contribution in [0, 0.1) is 0 Å². The summed E-state index contributed by atoms with van der Waals surface area (Å²) in [5.41, 5.74) is 4.28. The van der Waals surface area contributed by atoms with Crippen molar-refractivity contribution < 1.29 is 0 Å². The van der Waals surface area contributed by atoms with Gasteiger partial charge in [0.2, 0.25) is 0 Å². The molecule has 0 spiro atoms. The molecular weight excluding hydrogens is 234 g/mol. The normalized spacial score (nSPS) is 10.1. The summed E-state index contributed by atoms with van der Waals surface area (Å²) in [6.45, 7) is 0. The van der Waals surface area contributed by atoms with E-state index >= 15 is 0 Å². The average Bonchev–Trinajstić information content (AvgIpc) is 2.50. The third-order valence-corrected chi connectivity index (χ3v) is 2.84. The molecule has 3 heteroatoms. The van der Waals surface area contributed by atoms with Gasteiger partial charge in [-0.2, -0.15) is 0 Å². The van der Waals surface area contributed by atoms with E-state index in [1.54, 1.807) is 0 Å². The van der Waals surface area contributed by atoms with E-state index in [2.05, 4.69) is 39.6 Å². The maximum absolute atomic E-state index is 4.02. The Morgan fingerprint density at radius 3 is 1.95 bits per heavy atom. The molecule has 1 heterocycles. The van der Waals surface area contributed by atoms with Crippen LogP contribution in [0.4, 0.5) is 11.4 Å². The van der Waals surface area contributed by atoms with Gasteiger partial charge in [0.05, 0.1) is 0 Å². The van der Waals surface area contributed by atoms with Gasteiger partial charge >= 0.3 is 0 Å². The second-order valence-electron chi connectivity index (χ2n) is 4.20. The van der Waals surface area contributed by atoms with Crippen LogP contribution in [0.25, 0.3) is 11.1 Å². The van der Waals surface area contributed by atoms with E-state index in [4.69, 9.17) is 0 Å². The summed E-state index contributed by atoms with van der Waals surface area (Å²) in [6, 6.07) is 18.3. The number of nitrogens with one attached hydrogen (secondary N) is 1. The van der Waals surface area contributed by atoms with Gasteiger partial charge in [0.15, 0.2) is 0 Å². The standard InChI is InChI=1S/C16H13N3/c1-2-4-15(5-3-1)19-16-8-6-13(7-9-16)14-10-17-12-18-11-14/h1-12,19H. The Morgan fingerprint density at radius 1 is 0.632 bits per heavy atom. The molecule has 0 saturated heterocycles. The molecule has 1 N–H and O–H groups in total. The van der Waals surface area contributed by atoms with Crippen molar-refractivity contribution in [2.75, 3.05) is 5.32 Å². The fourth-order valence-corrected chi connectivity index (χ4v) is 1.88. The second-order valence-corrected chi connectivity index (χ2v) is 4.20. The molecule has 3 aromatic rings. The van der Waals surface area contributed by atoms with Gasteiger partial charge < -0.3 is 5.32 Å². The monoisotopic (exact) mass is 247 g/mol. The van der Waals surface area contributed by atoms with Gasteiger partial charge in [-0.05, 0) is 29.8 Å². The van der Waals surface area contributed by atoms with Crippen molar-refractivity contribution in [2.24, 2.45) is 0 Å². The lowest BCUT2D eigenvalue weighted by molar-refractivity contribution is 1.17. The predicted octanol–water partition coefficient (Wildman–Crippen LogP) is 3.89. The number of hydrogen-bond donors (Lipinski definition) is 1. The smallest absolute Gasteiger partial charge is 0.115 e. The van der Waals surface area contributed by atoms with Gasteiger partial charge in [-0.15, -0.1) is 0 Å². The molecule has 0 amide bonds. The van der Waals surface area contributed by atoms with Crippen molar-refractivity contribution in [2.45, 2.75) is 0 Å². The van der Waals surface area contributed by atoms with Crippen LogP contribution in [0.1, 0.15) is 0 Å². The molecule has 0 atom stereocenters. The van der Waals surface area contributed by atoms with E-state index in [1.807, 2.05) is 42.7 Å². The van der Waals surface area contributed by atoms with Gasteiger partial charge in [0.25, 0.3) is 0 Å². The third kappa shape index (κ3) is 2.77. The second kappa shape index (κ2) is 5.31. The lowest BCUT2D eigenvalue weighted by Crippen LogP contribution is -1.89. The molecule has 0 aliphatic heterocycles. The summed E-state index contributed by atoms with van der Waals surface area (Å²) in [7, 11) is 0. The molecule has 0 bridgehead atoms. The largest absolute Gasteiger partial charge is 0.356 e. The summed E-state index contributed by atoms with van der Waals surface area (Å²) >= 11 is 0. The van der Waals surface area contributed by atoms with Crippen LogP contribution < -0.4 is 5.32 Å². The molecule has 0 aliphatic rings. The van der Waals surface area contributed by atoms with E-state index in [-0.39, 0.29) is 0 Å². The average molecular weight is 247 g/mol. The summed E-state index contributed by atoms with van der Waals surface area (Å²) in [6.07, 6.45) is 5.16. The minimum absolute atomic E-state index is 1.02. The highest BCUT2D eigenvalue weighted by molar-refractivity contribution is 5.67. The fourth-order valence-electron chi connectivity index (χ4n) is 1.88. The number of benzene rings is 2. The van der Waals surface area contributed by atoms with Crippen molar-refractivity contribution in [1.82, 2.24) is 9.97 Å². The van der Waals surface area contributed by atoms with Crippen molar-refractivity contribution in [3.8, 4) is 11.1 Å². The number of para-hydroxylation sites is 1. The first-order chi connectivity index (χ1) is 9.42. The van der Waals surface area contributed by atoms with E-state index < -0.39 is 0 Å². The van der Waals surface area contributed by atoms with Gasteiger partial charge in [0.1, 0.15) is 6.33 Å². The molecule has 19 heavy (non-hydrogen) atoms. The summed E-state index contributed by atoms with van der Waals surface area (Å²) in [5.74, 6) is 0. The SMILES string of the molecule is c1ccc(Nc2ccc(-c3cncnc3)cc2)cc1. The lowest BCUT2D eigenvalue weighted by Gasteiger charge is -2.07. The zero-order valence-corrected chi connectivity index (χ0v) is 10.3. The number of nitrogens with zero attached hydrogens (tertiary/aromatic N) is 2. The quantitative estimate of drug-likeness (QED) is 0.763. The van der Waals surface area contributed by atoms with Gasteiger partial charge in [-0.3, -0.25) is 0 Å². The zero-order valence-electron chi connectivity index (χ0n) is 10.3. The Bertz CT molecular complexity index is 634. The highest BCUT2D eigenvalue weighted by Gasteiger charge is 1.98. The van der Waals surface area contributed by atoms with E-state index in [0.29, 0.717) is 0 Å². The molecule has 1 aromatic heterocycles. The van der Waals surface area contributed by atoms with Crippen LogP contribution in [0.2, 0.25) is 0 Å². The van der Waals surface area contributed by atoms with E-state index in [9.17, 15) is 0 Å². The Hall–Kier alpha value is -2.68. The molecule has 92 valence electrons. The lowest BCUT2D eigenvalue weighted by atomic mass is 10.1. The number of aromatic nitrogens is 2. The molecule has 0 fully saturated rings. The maximum Gasteiger partial charge on any atom is 0.115 e. The van der Waals surface area contributed by atoms with Crippen molar-refractivity contribution >= 4 is 11.4 Å². The van der Waals surface area contributed by atoms with Gasteiger partial charge in [-0.1, -0.05) is 30.3 Å². The summed E-state index contributed by atoms with van der Waals surface area (Å²) in [5, 5.41) is 3.35. The minimum Gasteiger partial charge on any atom is -0.356 e. The van der Waals surface area contributed by atoms with Crippen molar-refractivity contribution in [3.05, 3.63) is 73.3 Å². The van der Waals surface area contributed by atoms with E-state index in [1.165, 1.54) is 6.33 Å². The Labute approximate surface area is 112 Å². The van der Waals surface area contributed by atoms with Crippen molar-refractivity contribution in [3.63, 3.8) is 0 Å². The highest BCUT2D eigenvalue weighted by Crippen LogP contribution is 2.21. The molecule has 0 aliphatic carbocycles. The third-order valence-electron chi connectivity index (χ3n) is 2.84. The molecule has 0 unspecified atom stereocenters. The first-order valence-electron chi connectivity index (χ1n) is 6.09. The molecule has 3 rings (SSSR count). The van der Waals surface area contributed by atoms with Crippen LogP contribution in [-0.2, 0) is 0 Å². The molecule has 2 aromatic carbocycles. The zero-order chi connectivity index (χ0) is 12.9. The number of rotatable bonds is 3. The van der Waals surface area contributed by atoms with Crippen molar-refractivity contribution in [1.29, 1.82) is 0 Å². The minimum atomic E-state index is 1.02. The Kier molecular flexibility index (Phi) is 3.19. The van der Waals surface area contributed by atoms with Crippen LogP contribution in [0.3, 0.4) is 0 Å². The van der Waals surface area contributed by atoms with Crippen LogP contribution >= 0.6 is 0 Å². The summed E-state index contributed by atoms with van der Waals surface area (Å²) in [4.78, 5) is 8.05. The van der Waals surface area contributed by atoms with Gasteiger partial charge in [-0.25, -0.2) is 9.97 Å². The molecule has 0 radical (unpaired) electrons. The summed E-state index contributed by atoms with van der Waals surface area (Å²) < 4.78 is 0. The first-order valence-corrected chi connectivity index (χ1v) is 6.09. The molecule has 3 nitrogen and oxygen atoms in total. The Balaban J connectivity index is 1.80. The van der Waals surface area contributed by atoms with Gasteiger partial charge in [0, 0.05) is 29.3 Å². The number of anilines is 2. The fraction of sp³-hybridized carbons (Fsp3) is 0. The van der Waals surface area contributed by atoms with E-state index in [0.717, 1.165) is 22.5 Å². The highest BCUT2D eigenvalue weighted by atomic mass is 14.9. The van der Waals surface area contributed by atoms with Crippen LogP contribution in [-0.4, -0.2) is 9.97 Å². The maximum atomic E-state index is 4.02. The Morgan fingerprint density at radius 2 is 1.26 bits per heavy atom. The molecule has 0 saturated carbocycles.